The molecule has 63 heavy (non-hydrogen) atoms. The lowest BCUT2D eigenvalue weighted by molar-refractivity contribution is 0.514. The topological polar surface area (TPSA) is 32.9 Å². The fourth-order valence-corrected chi connectivity index (χ4v) is 10.8. The molecule has 0 saturated heterocycles. The van der Waals surface area contributed by atoms with Crippen LogP contribution in [0.4, 0.5) is 11.4 Å². The molecule has 0 spiro atoms. The van der Waals surface area contributed by atoms with Crippen LogP contribution in [0.15, 0.2) is 216 Å². The summed E-state index contributed by atoms with van der Waals surface area (Å²) in [4.78, 5) is 14.2. The quantitative estimate of drug-likeness (QED) is 0.174. The molecule has 3 aliphatic carbocycles. The summed E-state index contributed by atoms with van der Waals surface area (Å²) in [7, 11) is 0. The maximum Gasteiger partial charge on any atom is 0.160 e. The van der Waals surface area contributed by atoms with Crippen molar-refractivity contribution in [3.05, 3.63) is 223 Å². The molecule has 0 bridgehead atoms. The van der Waals surface area contributed by atoms with Crippen molar-refractivity contribution in [1.82, 2.24) is 4.57 Å². The SMILES string of the molecule is CC12C=CC=CC1N=C(n1c3ccc(N4c5c(ccc6ccccc56)C5C=CC=CC54)cc3c3cc4ccccc4cc31)C(c1cc(C3=CCCC=C3)cc(-c3ccccc3)c1)=N2. The van der Waals surface area contributed by atoms with Gasteiger partial charge in [-0.25, -0.2) is 0 Å². The van der Waals surface area contributed by atoms with Gasteiger partial charge in [0.05, 0.1) is 28.8 Å². The Bertz CT molecular complexity index is 3500. The molecule has 0 saturated carbocycles. The molecular formula is C59H44N4. The second-order valence-electron chi connectivity index (χ2n) is 17.8. The standard InChI is InChI=1S/C59H44N4/c1-59-31-15-14-26-55(59)60-58(56(61-59)45-33-43(38-16-4-2-5-17-38)32-44(34-45)39-18-6-3-7-19-39)63-53-30-28-46(37-51(53)50-35-41-21-8-9-22-42(41)36-54(50)63)62-52-25-13-12-24-48(52)49-29-27-40-20-10-11-23-47(40)57(49)62/h2,4-6,8-37,48,52,55H,3,7H2,1H3. The molecule has 0 radical (unpaired) electrons. The smallest absolute Gasteiger partial charge is 0.160 e. The third kappa shape index (κ3) is 5.67. The number of fused-ring (bicyclic) bond motifs is 10. The van der Waals surface area contributed by atoms with Crippen LogP contribution < -0.4 is 4.90 Å². The van der Waals surface area contributed by atoms with Gasteiger partial charge in [-0.1, -0.05) is 158 Å². The van der Waals surface area contributed by atoms with Crippen LogP contribution in [0.2, 0.25) is 0 Å². The van der Waals surface area contributed by atoms with Gasteiger partial charge in [0, 0.05) is 33.3 Å². The molecule has 0 fully saturated rings. The number of allylic oxidation sites excluding steroid dienone is 8. The molecule has 4 nitrogen and oxygen atoms in total. The third-order valence-electron chi connectivity index (χ3n) is 13.9. The highest BCUT2D eigenvalue weighted by Crippen LogP contribution is 2.51. The van der Waals surface area contributed by atoms with E-state index in [4.69, 9.17) is 9.98 Å². The Kier molecular flexibility index (Phi) is 8.02. The highest BCUT2D eigenvalue weighted by Gasteiger charge is 2.40. The molecule has 1 aromatic heterocycles. The first-order chi connectivity index (χ1) is 31.1. The van der Waals surface area contributed by atoms with E-state index in [1.54, 1.807) is 0 Å². The maximum absolute atomic E-state index is 5.79. The van der Waals surface area contributed by atoms with Crippen LogP contribution in [0.25, 0.3) is 60.1 Å². The molecule has 8 aromatic rings. The fourth-order valence-electron chi connectivity index (χ4n) is 10.8. The normalized spacial score (nSPS) is 22.1. The summed E-state index contributed by atoms with van der Waals surface area (Å²) >= 11 is 0. The first kappa shape index (κ1) is 36.1. The van der Waals surface area contributed by atoms with Crippen molar-refractivity contribution < 1.29 is 0 Å². The zero-order valence-corrected chi connectivity index (χ0v) is 35.1. The van der Waals surface area contributed by atoms with Gasteiger partial charge in [-0.2, -0.15) is 0 Å². The van der Waals surface area contributed by atoms with E-state index in [0.29, 0.717) is 0 Å². The van der Waals surface area contributed by atoms with E-state index in [1.165, 1.54) is 66.0 Å². The van der Waals surface area contributed by atoms with Crippen molar-refractivity contribution in [2.24, 2.45) is 9.98 Å². The van der Waals surface area contributed by atoms with Crippen LogP contribution in [0, 0.1) is 0 Å². The van der Waals surface area contributed by atoms with Crippen molar-refractivity contribution in [3.63, 3.8) is 0 Å². The largest absolute Gasteiger partial charge is 0.333 e. The molecule has 5 aliphatic rings. The lowest BCUT2D eigenvalue weighted by Crippen LogP contribution is -2.43. The molecule has 300 valence electrons. The van der Waals surface area contributed by atoms with Crippen molar-refractivity contribution in [1.29, 1.82) is 0 Å². The average molecular weight is 809 g/mol. The second-order valence-corrected chi connectivity index (χ2v) is 17.8. The number of anilines is 2. The third-order valence-corrected chi connectivity index (χ3v) is 13.9. The fraction of sp³-hybridized carbons (Fsp3) is 0.119. The zero-order valence-electron chi connectivity index (χ0n) is 35.1. The molecule has 4 unspecified atom stereocenters. The van der Waals surface area contributed by atoms with Gasteiger partial charge in [-0.05, 0) is 112 Å². The summed E-state index contributed by atoms with van der Waals surface area (Å²) in [6.45, 7) is 2.22. The Hall–Kier alpha value is -7.56. The Labute approximate surface area is 367 Å². The minimum atomic E-state index is -0.538. The first-order valence-electron chi connectivity index (χ1n) is 22.3. The van der Waals surface area contributed by atoms with E-state index in [2.05, 4.69) is 223 Å². The van der Waals surface area contributed by atoms with Gasteiger partial charge < -0.3 is 4.90 Å². The minimum absolute atomic E-state index is 0.160. The van der Waals surface area contributed by atoms with Crippen LogP contribution in [0.1, 0.15) is 42.4 Å². The van der Waals surface area contributed by atoms with Gasteiger partial charge in [0.2, 0.25) is 0 Å². The van der Waals surface area contributed by atoms with Gasteiger partial charge in [-0.15, -0.1) is 0 Å². The van der Waals surface area contributed by atoms with E-state index >= 15 is 0 Å². The zero-order chi connectivity index (χ0) is 41.6. The van der Waals surface area contributed by atoms with Crippen molar-refractivity contribution in [2.75, 3.05) is 4.90 Å². The predicted octanol–water partition coefficient (Wildman–Crippen LogP) is 14.2. The van der Waals surface area contributed by atoms with Gasteiger partial charge in [0.25, 0.3) is 0 Å². The minimum Gasteiger partial charge on any atom is -0.333 e. The lowest BCUT2D eigenvalue weighted by atomic mass is 9.86. The van der Waals surface area contributed by atoms with E-state index < -0.39 is 5.54 Å². The van der Waals surface area contributed by atoms with E-state index in [0.717, 1.165) is 46.5 Å². The van der Waals surface area contributed by atoms with Gasteiger partial charge in [0.1, 0.15) is 11.3 Å². The van der Waals surface area contributed by atoms with Crippen LogP contribution in [-0.4, -0.2) is 33.7 Å². The molecule has 2 aliphatic heterocycles. The van der Waals surface area contributed by atoms with Crippen LogP contribution in [0.5, 0.6) is 0 Å². The second kappa shape index (κ2) is 14.0. The molecule has 7 aromatic carbocycles. The summed E-state index contributed by atoms with van der Waals surface area (Å²) in [6.07, 6.45) is 26.9. The highest BCUT2D eigenvalue weighted by atomic mass is 15.2. The number of aromatic nitrogens is 1. The van der Waals surface area contributed by atoms with Crippen molar-refractivity contribution in [2.45, 2.75) is 43.3 Å². The maximum atomic E-state index is 5.79. The first-order valence-corrected chi connectivity index (χ1v) is 22.3. The van der Waals surface area contributed by atoms with Gasteiger partial charge >= 0.3 is 0 Å². The Morgan fingerprint density at radius 3 is 2.22 bits per heavy atom. The number of aliphatic imine (C=N–C) groups is 2. The van der Waals surface area contributed by atoms with E-state index in [-0.39, 0.29) is 18.0 Å². The van der Waals surface area contributed by atoms with E-state index in [1.807, 2.05) is 0 Å². The Balaban J connectivity index is 1.07. The summed E-state index contributed by atoms with van der Waals surface area (Å²) in [5.41, 5.74) is 12.3. The highest BCUT2D eigenvalue weighted by molar-refractivity contribution is 6.51. The molecule has 4 heteroatoms. The number of benzene rings is 7. The molecular weight excluding hydrogens is 765 g/mol. The number of rotatable bonds is 4. The molecule has 3 heterocycles. The number of hydrogen-bond acceptors (Lipinski definition) is 3. The van der Waals surface area contributed by atoms with Crippen molar-refractivity contribution in [3.8, 4) is 11.1 Å². The van der Waals surface area contributed by atoms with Crippen LogP contribution in [0.3, 0.4) is 0 Å². The Morgan fingerprint density at radius 2 is 1.35 bits per heavy atom. The Morgan fingerprint density at radius 1 is 0.587 bits per heavy atom. The average Bonchev–Trinajstić information content (AvgIpc) is 3.85. The summed E-state index contributed by atoms with van der Waals surface area (Å²) < 4.78 is 2.42. The molecule has 0 N–H and O–H groups in total. The molecule has 13 rings (SSSR count). The molecule has 0 amide bonds. The van der Waals surface area contributed by atoms with E-state index in [9.17, 15) is 0 Å². The van der Waals surface area contributed by atoms with Crippen molar-refractivity contribution >= 4 is 71.8 Å². The van der Waals surface area contributed by atoms with Crippen LogP contribution >= 0.6 is 0 Å². The van der Waals surface area contributed by atoms with Gasteiger partial charge in [0.15, 0.2) is 5.84 Å². The predicted molar refractivity (Wildman–Crippen MR) is 266 cm³/mol. The van der Waals surface area contributed by atoms with Crippen LogP contribution in [-0.2, 0) is 0 Å². The van der Waals surface area contributed by atoms with Gasteiger partial charge in [-0.3, -0.25) is 14.6 Å². The monoisotopic (exact) mass is 808 g/mol. The number of nitrogens with zero attached hydrogens (tertiary/aromatic N) is 4. The summed E-state index contributed by atoms with van der Waals surface area (Å²) in [6, 6.07) is 51.8. The summed E-state index contributed by atoms with van der Waals surface area (Å²) in [5, 5.41) is 7.35. The molecule has 4 atom stereocenters. The summed E-state index contributed by atoms with van der Waals surface area (Å²) in [5.74, 6) is 1.14. The lowest BCUT2D eigenvalue weighted by Gasteiger charge is -2.35. The number of hydrogen-bond donors (Lipinski definition) is 0.